The molecule has 4 heteroatoms. The first-order chi connectivity index (χ1) is 7.90. The molecular formula is C13H25NO3. The highest BCUT2D eigenvalue weighted by Crippen LogP contribution is 2.13. The number of rotatable bonds is 9. The summed E-state index contributed by atoms with van der Waals surface area (Å²) in [6.07, 6.45) is 6.04. The molecule has 0 aromatic carbocycles. The molecule has 0 atom stereocenters. The van der Waals surface area contributed by atoms with Gasteiger partial charge in [-0.3, -0.25) is 9.59 Å². The van der Waals surface area contributed by atoms with Crippen molar-refractivity contribution in [2.45, 2.75) is 59.3 Å². The summed E-state index contributed by atoms with van der Waals surface area (Å²) >= 11 is 0. The van der Waals surface area contributed by atoms with E-state index >= 15 is 0 Å². The second-order valence-electron chi connectivity index (χ2n) is 5.13. The lowest BCUT2D eigenvalue weighted by molar-refractivity contribution is -0.146. The number of aliphatic carboxylic acids is 1. The number of carboxylic acid groups (broad SMARTS) is 1. The molecule has 0 aliphatic carbocycles. The van der Waals surface area contributed by atoms with Gasteiger partial charge in [0.25, 0.3) is 0 Å². The van der Waals surface area contributed by atoms with Gasteiger partial charge in [0.15, 0.2) is 0 Å². The van der Waals surface area contributed by atoms with Crippen molar-refractivity contribution in [2.75, 3.05) is 6.54 Å². The fourth-order valence-electron chi connectivity index (χ4n) is 1.37. The predicted octanol–water partition coefficient (Wildman–Crippen LogP) is 2.57. The van der Waals surface area contributed by atoms with Gasteiger partial charge >= 0.3 is 5.97 Å². The van der Waals surface area contributed by atoms with Gasteiger partial charge in [-0.15, -0.1) is 0 Å². The zero-order chi connectivity index (χ0) is 13.3. The first kappa shape index (κ1) is 15.9. The van der Waals surface area contributed by atoms with Crippen LogP contribution in [0.2, 0.25) is 0 Å². The molecule has 2 N–H and O–H groups in total. The second-order valence-corrected chi connectivity index (χ2v) is 5.13. The highest BCUT2D eigenvalue weighted by Gasteiger charge is 2.27. The van der Waals surface area contributed by atoms with Gasteiger partial charge in [0.05, 0.1) is 5.41 Å². The van der Waals surface area contributed by atoms with Gasteiger partial charge in [0, 0.05) is 13.0 Å². The highest BCUT2D eigenvalue weighted by atomic mass is 16.4. The Morgan fingerprint density at radius 2 is 1.71 bits per heavy atom. The number of unbranched alkanes of at least 4 members (excludes halogenated alkanes) is 4. The van der Waals surface area contributed by atoms with Crippen molar-refractivity contribution in [1.29, 1.82) is 0 Å². The van der Waals surface area contributed by atoms with Crippen LogP contribution in [0.1, 0.15) is 59.3 Å². The number of hydrogen-bond donors (Lipinski definition) is 2. The van der Waals surface area contributed by atoms with Crippen LogP contribution in [-0.2, 0) is 9.59 Å². The molecule has 4 nitrogen and oxygen atoms in total. The number of amides is 1. The highest BCUT2D eigenvalue weighted by molar-refractivity contribution is 5.78. The maximum Gasteiger partial charge on any atom is 0.310 e. The predicted molar refractivity (Wildman–Crippen MR) is 67.8 cm³/mol. The number of carboxylic acids is 1. The summed E-state index contributed by atoms with van der Waals surface area (Å²) in [7, 11) is 0. The standard InChI is InChI=1S/C13H25NO3/c1-4-5-6-7-8-9-11(15)14-10-13(2,3)12(16)17/h4-10H2,1-3H3,(H,14,15)(H,16,17). The van der Waals surface area contributed by atoms with Crippen LogP contribution in [0.15, 0.2) is 0 Å². The van der Waals surface area contributed by atoms with E-state index in [1.54, 1.807) is 13.8 Å². The van der Waals surface area contributed by atoms with E-state index in [0.717, 1.165) is 12.8 Å². The largest absolute Gasteiger partial charge is 0.481 e. The van der Waals surface area contributed by atoms with Gasteiger partial charge in [-0.2, -0.15) is 0 Å². The molecule has 0 rings (SSSR count). The Kier molecular flexibility index (Phi) is 7.59. The molecular weight excluding hydrogens is 218 g/mol. The fourth-order valence-corrected chi connectivity index (χ4v) is 1.37. The molecule has 0 fully saturated rings. The maximum atomic E-state index is 11.4. The molecule has 1 amide bonds. The van der Waals surface area contributed by atoms with Gasteiger partial charge < -0.3 is 10.4 Å². The SMILES string of the molecule is CCCCCCCC(=O)NCC(C)(C)C(=O)O. The van der Waals surface area contributed by atoms with Crippen LogP contribution >= 0.6 is 0 Å². The van der Waals surface area contributed by atoms with Crippen LogP contribution in [0.25, 0.3) is 0 Å². The summed E-state index contributed by atoms with van der Waals surface area (Å²) in [5.41, 5.74) is -0.891. The lowest BCUT2D eigenvalue weighted by Crippen LogP contribution is -2.38. The Bertz CT molecular complexity index is 249. The van der Waals surface area contributed by atoms with Crippen molar-refractivity contribution in [3.8, 4) is 0 Å². The minimum absolute atomic E-state index is 0.0455. The summed E-state index contributed by atoms with van der Waals surface area (Å²) in [4.78, 5) is 22.3. The molecule has 0 saturated carbocycles. The van der Waals surface area contributed by atoms with Crippen molar-refractivity contribution in [3.63, 3.8) is 0 Å². The Labute approximate surface area is 104 Å². The molecule has 0 aliphatic heterocycles. The zero-order valence-electron chi connectivity index (χ0n) is 11.2. The molecule has 0 aromatic rings. The Morgan fingerprint density at radius 3 is 2.24 bits per heavy atom. The zero-order valence-corrected chi connectivity index (χ0v) is 11.2. The summed E-state index contributed by atoms with van der Waals surface area (Å²) < 4.78 is 0. The van der Waals surface area contributed by atoms with E-state index < -0.39 is 11.4 Å². The summed E-state index contributed by atoms with van der Waals surface area (Å²) in [6.45, 7) is 5.56. The van der Waals surface area contributed by atoms with Gasteiger partial charge in [0.2, 0.25) is 5.91 Å². The summed E-state index contributed by atoms with van der Waals surface area (Å²) in [6, 6.07) is 0. The van der Waals surface area contributed by atoms with Crippen molar-refractivity contribution in [2.24, 2.45) is 5.41 Å². The van der Waals surface area contributed by atoms with Gasteiger partial charge in [-0.05, 0) is 20.3 Å². The van der Waals surface area contributed by atoms with Crippen LogP contribution in [0.3, 0.4) is 0 Å². The van der Waals surface area contributed by atoms with E-state index in [-0.39, 0.29) is 12.5 Å². The van der Waals surface area contributed by atoms with Crippen molar-refractivity contribution < 1.29 is 14.7 Å². The monoisotopic (exact) mass is 243 g/mol. The van der Waals surface area contributed by atoms with Gasteiger partial charge in [-0.25, -0.2) is 0 Å². The molecule has 0 saturated heterocycles. The Balaban J connectivity index is 3.63. The van der Waals surface area contributed by atoms with Crippen LogP contribution in [0, 0.1) is 5.41 Å². The average molecular weight is 243 g/mol. The van der Waals surface area contributed by atoms with Crippen molar-refractivity contribution >= 4 is 11.9 Å². The normalized spacial score (nSPS) is 11.2. The van der Waals surface area contributed by atoms with Gasteiger partial charge in [0.1, 0.15) is 0 Å². The third kappa shape index (κ3) is 7.77. The molecule has 0 unspecified atom stereocenters. The van der Waals surface area contributed by atoms with E-state index in [2.05, 4.69) is 12.2 Å². The molecule has 0 aromatic heterocycles. The first-order valence-corrected chi connectivity index (χ1v) is 6.40. The Morgan fingerprint density at radius 1 is 1.12 bits per heavy atom. The third-order valence-electron chi connectivity index (χ3n) is 2.81. The van der Waals surface area contributed by atoms with Crippen LogP contribution in [0.5, 0.6) is 0 Å². The van der Waals surface area contributed by atoms with E-state index in [0.29, 0.717) is 6.42 Å². The van der Waals surface area contributed by atoms with E-state index in [4.69, 9.17) is 5.11 Å². The number of carbonyl (C=O) groups is 2. The minimum atomic E-state index is -0.891. The van der Waals surface area contributed by atoms with Crippen LogP contribution in [-0.4, -0.2) is 23.5 Å². The summed E-state index contributed by atoms with van der Waals surface area (Å²) in [5.74, 6) is -0.934. The lowest BCUT2D eigenvalue weighted by Gasteiger charge is -2.19. The third-order valence-corrected chi connectivity index (χ3v) is 2.81. The van der Waals surface area contributed by atoms with Crippen molar-refractivity contribution in [1.82, 2.24) is 5.32 Å². The first-order valence-electron chi connectivity index (χ1n) is 6.40. The fraction of sp³-hybridized carbons (Fsp3) is 0.846. The van der Waals surface area contributed by atoms with E-state index in [9.17, 15) is 9.59 Å². The van der Waals surface area contributed by atoms with Crippen LogP contribution in [0.4, 0.5) is 0 Å². The molecule has 0 spiro atoms. The smallest absolute Gasteiger partial charge is 0.310 e. The summed E-state index contributed by atoms with van der Waals surface area (Å²) in [5, 5.41) is 11.6. The topological polar surface area (TPSA) is 66.4 Å². The number of carbonyl (C=O) groups excluding carboxylic acids is 1. The molecule has 0 bridgehead atoms. The minimum Gasteiger partial charge on any atom is -0.481 e. The van der Waals surface area contributed by atoms with Crippen LogP contribution < -0.4 is 5.32 Å². The average Bonchev–Trinajstić information content (AvgIpc) is 2.26. The molecule has 17 heavy (non-hydrogen) atoms. The van der Waals surface area contributed by atoms with E-state index in [1.807, 2.05) is 0 Å². The molecule has 0 aliphatic rings. The second kappa shape index (κ2) is 8.09. The number of nitrogens with one attached hydrogen (secondary N) is 1. The van der Waals surface area contributed by atoms with E-state index in [1.165, 1.54) is 19.3 Å². The maximum absolute atomic E-state index is 11.4. The Hall–Kier alpha value is -1.06. The van der Waals surface area contributed by atoms with Crippen molar-refractivity contribution in [3.05, 3.63) is 0 Å². The molecule has 0 heterocycles. The van der Waals surface area contributed by atoms with Gasteiger partial charge in [-0.1, -0.05) is 32.6 Å². The lowest BCUT2D eigenvalue weighted by atomic mass is 9.94. The molecule has 100 valence electrons. The number of hydrogen-bond acceptors (Lipinski definition) is 2. The molecule has 0 radical (unpaired) electrons. The quantitative estimate of drug-likeness (QED) is 0.612.